The minimum absolute atomic E-state index is 0.742. The molecule has 0 nitrogen and oxygen atoms in total. The third kappa shape index (κ3) is 0.562. The molecule has 6 heavy (non-hydrogen) atoms. The molecule has 0 spiro atoms. The summed E-state index contributed by atoms with van der Waals surface area (Å²) in [5.41, 5.74) is 0. The van der Waals surface area contributed by atoms with Crippen molar-refractivity contribution in [2.75, 3.05) is 8.86 Å². The van der Waals surface area contributed by atoms with Crippen LogP contribution in [0.5, 0.6) is 0 Å². The first-order chi connectivity index (χ1) is 2.97. The number of fused-ring (bicyclic) bond motifs is 1. The Labute approximate surface area is 57.7 Å². The van der Waals surface area contributed by atoms with Gasteiger partial charge in [-0.3, -0.25) is 0 Å². The topological polar surface area (TPSA) is 0 Å². The summed E-state index contributed by atoms with van der Waals surface area (Å²) in [5.74, 6) is 0. The molecule has 1 atom stereocenters. The number of hydrogen-bond acceptors (Lipinski definition) is 0. The van der Waals surface area contributed by atoms with Gasteiger partial charge in [0.15, 0.2) is 0 Å². The average Bonchev–Trinajstić information content (AvgIpc) is 2.17. The van der Waals surface area contributed by atoms with Crippen LogP contribution >= 0.6 is 20.7 Å². The molecule has 0 aromatic heterocycles. The van der Waals surface area contributed by atoms with E-state index in [1.807, 2.05) is 3.51 Å². The molecule has 2 aliphatic heterocycles. The van der Waals surface area contributed by atoms with Gasteiger partial charge in [-0.25, -0.2) is 0 Å². The second-order valence-electron chi connectivity index (χ2n) is 1.50. The molecule has 1 unspecified atom stereocenters. The van der Waals surface area contributed by atoms with Crippen LogP contribution in [0.2, 0.25) is 0 Å². The van der Waals surface area contributed by atoms with Gasteiger partial charge in [0, 0.05) is 0 Å². The predicted octanol–water partition coefficient (Wildman–Crippen LogP) is -2.39. The molecule has 1 saturated heterocycles. The molecule has 2 heteroatoms. The molecular formula is C4H5I2-. The summed E-state index contributed by atoms with van der Waals surface area (Å²) in [6, 6.07) is 0. The van der Waals surface area contributed by atoms with Crippen molar-refractivity contribution in [3.05, 3.63) is 0 Å². The number of alkyl halides is 3. The fraction of sp³-hybridized carbons (Fsp3) is 0.750. The molecule has 0 aromatic rings. The van der Waals surface area contributed by atoms with Crippen molar-refractivity contribution >= 4 is 24.2 Å². The van der Waals surface area contributed by atoms with E-state index in [1.54, 1.807) is 8.86 Å². The zero-order chi connectivity index (χ0) is 3.98. The third-order valence-electron chi connectivity index (χ3n) is 1.03. The van der Waals surface area contributed by atoms with Crippen LogP contribution in [0.4, 0.5) is 0 Å². The van der Waals surface area contributed by atoms with Gasteiger partial charge in [-0.05, 0) is 0 Å². The molecule has 0 aliphatic carbocycles. The van der Waals surface area contributed by atoms with Crippen LogP contribution in [0.3, 0.4) is 0 Å². The Morgan fingerprint density at radius 2 is 2.83 bits per heavy atom. The Hall–Kier alpha value is 1.33. The molecular weight excluding hydrogens is 302 g/mol. The molecule has 0 bridgehead atoms. The second-order valence-corrected chi connectivity index (χ2v) is 7.73. The zero-order valence-electron chi connectivity index (χ0n) is 3.25. The maximum atomic E-state index is 2.03. The first-order valence-electron chi connectivity index (χ1n) is 1.99. The Morgan fingerprint density at radius 1 is 1.83 bits per heavy atom. The van der Waals surface area contributed by atoms with Gasteiger partial charge in [0.2, 0.25) is 0 Å². The van der Waals surface area contributed by atoms with E-state index in [4.69, 9.17) is 0 Å². The Morgan fingerprint density at radius 3 is 3.00 bits per heavy atom. The molecule has 0 amide bonds. The summed E-state index contributed by atoms with van der Waals surface area (Å²) >= 11 is 1.48. The number of hydrogen-bond donors (Lipinski definition) is 0. The van der Waals surface area contributed by atoms with Gasteiger partial charge in [-0.2, -0.15) is 0 Å². The summed E-state index contributed by atoms with van der Waals surface area (Å²) in [7, 11) is 0. The molecule has 0 aromatic carbocycles. The first kappa shape index (κ1) is 4.23. The van der Waals surface area contributed by atoms with E-state index in [0.717, 1.165) is 41.9 Å². The predicted molar refractivity (Wildman–Crippen MR) is 32.5 cm³/mol. The van der Waals surface area contributed by atoms with Crippen LogP contribution < -0.4 is 21.2 Å². The monoisotopic (exact) mass is 307 g/mol. The summed E-state index contributed by atoms with van der Waals surface area (Å²) in [5, 5.41) is 0. The molecule has 2 heterocycles. The Kier molecular flexibility index (Phi) is 0.988. The average molecular weight is 307 g/mol. The van der Waals surface area contributed by atoms with Crippen molar-refractivity contribution in [3.63, 3.8) is 0 Å². The van der Waals surface area contributed by atoms with E-state index in [9.17, 15) is 0 Å². The van der Waals surface area contributed by atoms with Crippen LogP contribution in [-0.2, 0) is 0 Å². The van der Waals surface area contributed by atoms with E-state index >= 15 is 0 Å². The standard InChI is InChI=1S/C4H5I2/c1-3-4(6-3)2-5-1/h3H,1-2H2/q-1. The van der Waals surface area contributed by atoms with Gasteiger partial charge in [-0.15, -0.1) is 0 Å². The summed E-state index contributed by atoms with van der Waals surface area (Å²) < 4.78 is 6.64. The minimum atomic E-state index is 0.742. The SMILES string of the molecule is C1[I-]CC2I=C12. The van der Waals surface area contributed by atoms with Crippen molar-refractivity contribution in [1.29, 1.82) is 0 Å². The second kappa shape index (κ2) is 1.40. The molecule has 0 radical (unpaired) electrons. The first-order valence-corrected chi connectivity index (χ1v) is 7.37. The fourth-order valence-corrected chi connectivity index (χ4v) is 11.5. The van der Waals surface area contributed by atoms with Crippen molar-refractivity contribution in [2.45, 2.75) is 3.92 Å². The zero-order valence-corrected chi connectivity index (χ0v) is 7.56. The molecule has 0 saturated carbocycles. The van der Waals surface area contributed by atoms with E-state index in [1.165, 1.54) is 3.92 Å². The van der Waals surface area contributed by atoms with Gasteiger partial charge < -0.3 is 0 Å². The van der Waals surface area contributed by atoms with Gasteiger partial charge in [0.25, 0.3) is 0 Å². The van der Waals surface area contributed by atoms with Crippen LogP contribution in [0.1, 0.15) is 0 Å². The van der Waals surface area contributed by atoms with E-state index < -0.39 is 0 Å². The van der Waals surface area contributed by atoms with Gasteiger partial charge in [0.05, 0.1) is 0 Å². The quantitative estimate of drug-likeness (QED) is 0.346. The molecule has 2 rings (SSSR count). The van der Waals surface area contributed by atoms with Crippen LogP contribution in [0.15, 0.2) is 0 Å². The van der Waals surface area contributed by atoms with Gasteiger partial charge in [-0.1, -0.05) is 0 Å². The van der Waals surface area contributed by atoms with E-state index in [-0.39, 0.29) is 0 Å². The maximum absolute atomic E-state index is 2.03. The van der Waals surface area contributed by atoms with Crippen molar-refractivity contribution in [3.8, 4) is 0 Å². The van der Waals surface area contributed by atoms with Crippen LogP contribution in [-0.4, -0.2) is 16.3 Å². The summed E-state index contributed by atoms with van der Waals surface area (Å²) in [4.78, 5) is 0. The molecule has 0 N–H and O–H groups in total. The normalized spacial score (nSPS) is 41.3. The Balaban J connectivity index is 2.22. The Bertz CT molecular complexity index is 106. The van der Waals surface area contributed by atoms with Crippen molar-refractivity contribution in [1.82, 2.24) is 0 Å². The third-order valence-corrected chi connectivity index (χ3v) is 10.2. The van der Waals surface area contributed by atoms with E-state index in [0.29, 0.717) is 0 Å². The van der Waals surface area contributed by atoms with E-state index in [2.05, 4.69) is 0 Å². The van der Waals surface area contributed by atoms with Gasteiger partial charge in [0.1, 0.15) is 0 Å². The van der Waals surface area contributed by atoms with Crippen LogP contribution in [0, 0.1) is 0 Å². The number of rotatable bonds is 0. The van der Waals surface area contributed by atoms with Crippen LogP contribution in [0.25, 0.3) is 0 Å². The number of halogens is 2. The van der Waals surface area contributed by atoms with Crippen molar-refractivity contribution in [2.24, 2.45) is 0 Å². The molecule has 1 fully saturated rings. The molecule has 36 valence electrons. The van der Waals surface area contributed by atoms with Crippen molar-refractivity contribution < 1.29 is 21.2 Å². The molecule has 2 aliphatic rings. The summed E-state index contributed by atoms with van der Waals surface area (Å²) in [6.45, 7) is 0. The fourth-order valence-electron chi connectivity index (χ4n) is 0.604. The summed E-state index contributed by atoms with van der Waals surface area (Å²) in [6.07, 6.45) is 0. The van der Waals surface area contributed by atoms with Gasteiger partial charge >= 0.3 is 58.2 Å².